The van der Waals surface area contributed by atoms with Gasteiger partial charge in [0.1, 0.15) is 5.03 Å². The largest absolute Gasteiger partial charge is 0.244 e. The molecule has 0 fully saturated rings. The lowest BCUT2D eigenvalue weighted by atomic mass is 10.2. The van der Waals surface area contributed by atoms with Crippen molar-refractivity contribution in [2.24, 2.45) is 0 Å². The van der Waals surface area contributed by atoms with Gasteiger partial charge in [0, 0.05) is 30.5 Å². The lowest BCUT2D eigenvalue weighted by molar-refractivity contribution is 0.507. The maximum Gasteiger partial charge on any atom is 0.186 e. The van der Waals surface area contributed by atoms with Crippen molar-refractivity contribution in [3.05, 3.63) is 66.3 Å². The van der Waals surface area contributed by atoms with Gasteiger partial charge in [-0.15, -0.1) is 0 Å². The quantitative estimate of drug-likeness (QED) is 0.694. The summed E-state index contributed by atoms with van der Waals surface area (Å²) >= 11 is 1.39. The van der Waals surface area contributed by atoms with Gasteiger partial charge >= 0.3 is 0 Å². The average molecular weight is 304 g/mol. The van der Waals surface area contributed by atoms with Crippen molar-refractivity contribution in [2.45, 2.75) is 10.8 Å². The molecule has 0 atom stereocenters. The van der Waals surface area contributed by atoms with Crippen molar-refractivity contribution in [2.75, 3.05) is 0 Å². The van der Waals surface area contributed by atoms with E-state index in [0.29, 0.717) is 22.2 Å². The summed E-state index contributed by atoms with van der Waals surface area (Å²) in [4.78, 5) is 8.51. The molecular formula is C14H10F2N4S. The fourth-order valence-electron chi connectivity index (χ4n) is 1.75. The average Bonchev–Trinajstić information content (AvgIpc) is 3.03. The van der Waals surface area contributed by atoms with Gasteiger partial charge in [-0.1, -0.05) is 17.8 Å². The molecule has 0 amide bonds. The van der Waals surface area contributed by atoms with Gasteiger partial charge in [-0.25, -0.2) is 23.4 Å². The molecule has 2 heterocycles. The molecular weight excluding hydrogens is 294 g/mol. The van der Waals surface area contributed by atoms with Crippen LogP contribution in [0.25, 0.3) is 5.82 Å². The molecule has 1 aromatic carbocycles. The Morgan fingerprint density at radius 2 is 1.90 bits per heavy atom. The van der Waals surface area contributed by atoms with E-state index < -0.39 is 11.6 Å². The SMILES string of the molecule is Fc1ccc(CSc2nccnc2-n2cccn2)cc1F. The molecule has 0 aliphatic heterocycles. The van der Waals surface area contributed by atoms with E-state index in [0.717, 1.165) is 6.07 Å². The van der Waals surface area contributed by atoms with E-state index in [1.807, 2.05) is 0 Å². The maximum absolute atomic E-state index is 13.2. The molecule has 0 aliphatic carbocycles. The fraction of sp³-hybridized carbons (Fsp3) is 0.0714. The summed E-state index contributed by atoms with van der Waals surface area (Å²) in [7, 11) is 0. The Morgan fingerprint density at radius 3 is 2.67 bits per heavy atom. The van der Waals surface area contributed by atoms with Gasteiger partial charge in [-0.05, 0) is 23.8 Å². The van der Waals surface area contributed by atoms with Crippen LogP contribution in [0.2, 0.25) is 0 Å². The minimum atomic E-state index is -0.848. The predicted octanol–water partition coefficient (Wildman–Crippen LogP) is 3.23. The maximum atomic E-state index is 13.2. The van der Waals surface area contributed by atoms with E-state index >= 15 is 0 Å². The lowest BCUT2D eigenvalue weighted by Gasteiger charge is -2.07. The number of thioether (sulfide) groups is 1. The molecule has 3 rings (SSSR count). The summed E-state index contributed by atoms with van der Waals surface area (Å²) in [6.07, 6.45) is 6.59. The zero-order valence-corrected chi connectivity index (χ0v) is 11.6. The Labute approximate surface area is 123 Å². The number of nitrogens with zero attached hydrogens (tertiary/aromatic N) is 4. The first kappa shape index (κ1) is 13.7. The molecule has 7 heteroatoms. The number of aromatic nitrogens is 4. The van der Waals surface area contributed by atoms with Crippen LogP contribution in [0, 0.1) is 11.6 Å². The van der Waals surface area contributed by atoms with Gasteiger partial charge in [0.15, 0.2) is 17.5 Å². The van der Waals surface area contributed by atoms with E-state index in [4.69, 9.17) is 0 Å². The van der Waals surface area contributed by atoms with Crippen molar-refractivity contribution in [3.63, 3.8) is 0 Å². The van der Waals surface area contributed by atoms with Crippen LogP contribution in [0.15, 0.2) is 54.1 Å². The molecule has 0 unspecified atom stereocenters. The monoisotopic (exact) mass is 304 g/mol. The minimum absolute atomic E-state index is 0.462. The molecule has 3 aromatic rings. The molecule has 21 heavy (non-hydrogen) atoms. The Kier molecular flexibility index (Phi) is 3.92. The highest BCUT2D eigenvalue weighted by molar-refractivity contribution is 7.98. The van der Waals surface area contributed by atoms with E-state index in [2.05, 4.69) is 15.1 Å². The molecule has 0 saturated carbocycles. The Bertz CT molecular complexity index is 746. The zero-order valence-electron chi connectivity index (χ0n) is 10.8. The summed E-state index contributed by atoms with van der Waals surface area (Å²) in [5, 5.41) is 4.79. The first-order chi connectivity index (χ1) is 10.2. The molecule has 0 saturated heterocycles. The van der Waals surface area contributed by atoms with Crippen molar-refractivity contribution in [3.8, 4) is 5.82 Å². The highest BCUT2D eigenvalue weighted by Crippen LogP contribution is 2.25. The van der Waals surface area contributed by atoms with Crippen LogP contribution in [0.1, 0.15) is 5.56 Å². The first-order valence-electron chi connectivity index (χ1n) is 6.12. The third-order valence-corrected chi connectivity index (χ3v) is 3.77. The smallest absolute Gasteiger partial charge is 0.186 e. The standard InChI is InChI=1S/C14H10F2N4S/c15-11-3-2-10(8-12(11)16)9-21-14-13(17-5-6-18-14)20-7-1-4-19-20/h1-8H,9H2. The van der Waals surface area contributed by atoms with Crippen LogP contribution < -0.4 is 0 Å². The van der Waals surface area contributed by atoms with Gasteiger partial charge in [0.05, 0.1) is 0 Å². The number of rotatable bonds is 4. The van der Waals surface area contributed by atoms with Crippen molar-refractivity contribution < 1.29 is 8.78 Å². The summed E-state index contributed by atoms with van der Waals surface area (Å²) in [5.74, 6) is -0.625. The number of hydrogen-bond acceptors (Lipinski definition) is 4. The van der Waals surface area contributed by atoms with Gasteiger partial charge < -0.3 is 0 Å². The van der Waals surface area contributed by atoms with Crippen LogP contribution >= 0.6 is 11.8 Å². The van der Waals surface area contributed by atoms with Gasteiger partial charge in [-0.3, -0.25) is 0 Å². The van der Waals surface area contributed by atoms with Crippen LogP contribution in [-0.2, 0) is 5.75 Å². The molecule has 2 aromatic heterocycles. The van der Waals surface area contributed by atoms with Gasteiger partial charge in [0.25, 0.3) is 0 Å². The van der Waals surface area contributed by atoms with Crippen LogP contribution in [-0.4, -0.2) is 19.7 Å². The summed E-state index contributed by atoms with van der Waals surface area (Å²) in [6, 6.07) is 5.65. The predicted molar refractivity (Wildman–Crippen MR) is 75.1 cm³/mol. The molecule has 0 bridgehead atoms. The second-order valence-electron chi connectivity index (χ2n) is 4.17. The zero-order chi connectivity index (χ0) is 14.7. The van der Waals surface area contributed by atoms with Crippen molar-refractivity contribution >= 4 is 11.8 Å². The minimum Gasteiger partial charge on any atom is -0.244 e. The van der Waals surface area contributed by atoms with E-state index in [-0.39, 0.29) is 0 Å². The molecule has 0 aliphatic rings. The fourth-order valence-corrected chi connectivity index (χ4v) is 2.65. The lowest BCUT2D eigenvalue weighted by Crippen LogP contribution is -2.01. The molecule has 0 spiro atoms. The normalized spacial score (nSPS) is 10.8. The number of halogens is 2. The highest BCUT2D eigenvalue weighted by atomic mass is 32.2. The Morgan fingerprint density at radius 1 is 1.05 bits per heavy atom. The molecule has 4 nitrogen and oxygen atoms in total. The summed E-state index contributed by atoms with van der Waals surface area (Å²) in [5.41, 5.74) is 0.677. The third kappa shape index (κ3) is 3.08. The van der Waals surface area contributed by atoms with Gasteiger partial charge in [0.2, 0.25) is 0 Å². The van der Waals surface area contributed by atoms with Crippen molar-refractivity contribution in [1.29, 1.82) is 0 Å². The summed E-state index contributed by atoms with van der Waals surface area (Å²) < 4.78 is 27.7. The van der Waals surface area contributed by atoms with Gasteiger partial charge in [-0.2, -0.15) is 5.10 Å². The molecule has 106 valence electrons. The number of benzene rings is 1. The topological polar surface area (TPSA) is 43.6 Å². The third-order valence-electron chi connectivity index (χ3n) is 2.73. The Balaban J connectivity index is 1.81. The van der Waals surface area contributed by atoms with Crippen LogP contribution in [0.3, 0.4) is 0 Å². The van der Waals surface area contributed by atoms with E-state index in [1.165, 1.54) is 17.8 Å². The molecule has 0 N–H and O–H groups in total. The second-order valence-corrected chi connectivity index (χ2v) is 5.14. The second kappa shape index (κ2) is 6.01. The van der Waals surface area contributed by atoms with Crippen molar-refractivity contribution in [1.82, 2.24) is 19.7 Å². The molecule has 0 radical (unpaired) electrons. The Hall–Kier alpha value is -2.28. The highest BCUT2D eigenvalue weighted by Gasteiger charge is 2.09. The number of hydrogen-bond donors (Lipinski definition) is 0. The first-order valence-corrected chi connectivity index (χ1v) is 7.10. The summed E-state index contributed by atoms with van der Waals surface area (Å²) in [6.45, 7) is 0. The van der Waals surface area contributed by atoms with E-state index in [1.54, 1.807) is 41.6 Å². The van der Waals surface area contributed by atoms with Crippen LogP contribution in [0.5, 0.6) is 0 Å². The van der Waals surface area contributed by atoms with E-state index in [9.17, 15) is 8.78 Å². The van der Waals surface area contributed by atoms with Crippen LogP contribution in [0.4, 0.5) is 8.78 Å².